The van der Waals surface area contributed by atoms with Crippen molar-refractivity contribution in [2.75, 3.05) is 19.4 Å². The lowest BCUT2D eigenvalue weighted by atomic mass is 9.91. The Labute approximate surface area is 117 Å². The average molecular weight is 281 g/mol. The molecule has 1 aromatic rings. The van der Waals surface area contributed by atoms with Crippen LogP contribution in [0.4, 0.5) is 10.2 Å². The molecule has 6 heteroatoms. The van der Waals surface area contributed by atoms with Crippen LogP contribution in [0.2, 0.25) is 0 Å². The van der Waals surface area contributed by atoms with Crippen molar-refractivity contribution in [3.8, 4) is 0 Å². The highest BCUT2D eigenvalue weighted by Crippen LogP contribution is 2.24. The van der Waals surface area contributed by atoms with E-state index in [0.29, 0.717) is 6.42 Å². The molecule has 2 N–H and O–H groups in total. The summed E-state index contributed by atoms with van der Waals surface area (Å²) in [6.07, 6.45) is 4.23. The van der Waals surface area contributed by atoms with E-state index in [1.165, 1.54) is 17.2 Å². The Morgan fingerprint density at radius 1 is 1.50 bits per heavy atom. The Balaban J connectivity index is 2.22. The van der Waals surface area contributed by atoms with Crippen LogP contribution >= 0.6 is 0 Å². The lowest BCUT2D eigenvalue weighted by molar-refractivity contribution is 0.0265. The number of rotatable bonds is 3. The standard InChI is InChI=1S/C14H20FN3O2/c1-16-13-12(15)9(7-8-17-13)14(20)18(2)10-5-3-4-6-11(10)19/h7-8,10-11,19H,3-6H2,1-2H3,(H,16,17). The summed E-state index contributed by atoms with van der Waals surface area (Å²) in [7, 11) is 3.16. The maximum atomic E-state index is 14.1. The third kappa shape index (κ3) is 2.75. The van der Waals surface area contributed by atoms with Crippen LogP contribution in [0.25, 0.3) is 0 Å². The molecule has 110 valence electrons. The van der Waals surface area contributed by atoms with Crippen molar-refractivity contribution in [1.29, 1.82) is 0 Å². The Bertz CT molecular complexity index is 495. The van der Waals surface area contributed by atoms with E-state index in [-0.39, 0.29) is 17.4 Å². The van der Waals surface area contributed by atoms with Crippen LogP contribution < -0.4 is 5.32 Å². The summed E-state index contributed by atoms with van der Waals surface area (Å²) in [4.78, 5) is 17.7. The number of aliphatic hydroxyl groups is 1. The monoisotopic (exact) mass is 281 g/mol. The molecule has 0 bridgehead atoms. The number of aliphatic hydroxyl groups excluding tert-OH is 1. The zero-order valence-electron chi connectivity index (χ0n) is 11.8. The molecule has 2 unspecified atom stereocenters. The van der Waals surface area contributed by atoms with Crippen LogP contribution in [0.1, 0.15) is 36.0 Å². The van der Waals surface area contributed by atoms with E-state index >= 15 is 0 Å². The second-order valence-electron chi connectivity index (χ2n) is 5.11. The van der Waals surface area contributed by atoms with Crippen molar-refractivity contribution in [3.05, 3.63) is 23.6 Å². The number of carbonyl (C=O) groups excluding carboxylic acids is 1. The van der Waals surface area contributed by atoms with Crippen LogP contribution in [-0.4, -0.2) is 47.1 Å². The van der Waals surface area contributed by atoms with E-state index in [4.69, 9.17) is 0 Å². The quantitative estimate of drug-likeness (QED) is 0.884. The number of likely N-dealkylation sites (N-methyl/N-ethyl adjacent to an activating group) is 1. The molecule has 1 heterocycles. The summed E-state index contributed by atoms with van der Waals surface area (Å²) in [5, 5.41) is 12.6. The van der Waals surface area contributed by atoms with Crippen LogP contribution in [-0.2, 0) is 0 Å². The molecule has 1 saturated carbocycles. The van der Waals surface area contributed by atoms with Crippen LogP contribution in [0.15, 0.2) is 12.3 Å². The number of aromatic nitrogens is 1. The SMILES string of the molecule is CNc1nccc(C(=O)N(C)C2CCCCC2O)c1F. The highest BCUT2D eigenvalue weighted by molar-refractivity contribution is 5.95. The molecule has 1 amide bonds. The number of pyridine rings is 1. The van der Waals surface area contributed by atoms with Gasteiger partial charge in [-0.3, -0.25) is 4.79 Å². The molecule has 1 aromatic heterocycles. The number of carbonyl (C=O) groups is 1. The summed E-state index contributed by atoms with van der Waals surface area (Å²) in [5.74, 6) is -1.03. The van der Waals surface area contributed by atoms with E-state index in [0.717, 1.165) is 19.3 Å². The first-order chi connectivity index (χ1) is 9.56. The second-order valence-corrected chi connectivity index (χ2v) is 5.11. The lowest BCUT2D eigenvalue weighted by Gasteiger charge is -2.35. The molecule has 0 aliphatic heterocycles. The first kappa shape index (κ1) is 14.7. The van der Waals surface area contributed by atoms with Gasteiger partial charge < -0.3 is 15.3 Å². The molecule has 2 rings (SSSR count). The van der Waals surface area contributed by atoms with Crippen molar-refractivity contribution >= 4 is 11.7 Å². The summed E-state index contributed by atoms with van der Waals surface area (Å²) in [6, 6.07) is 1.12. The van der Waals surface area contributed by atoms with E-state index in [9.17, 15) is 14.3 Å². The molecule has 0 spiro atoms. The van der Waals surface area contributed by atoms with Gasteiger partial charge in [0, 0.05) is 20.3 Å². The van der Waals surface area contributed by atoms with Gasteiger partial charge in [-0.2, -0.15) is 0 Å². The molecule has 0 aromatic carbocycles. The molecular weight excluding hydrogens is 261 g/mol. The number of nitrogens with zero attached hydrogens (tertiary/aromatic N) is 2. The fourth-order valence-electron chi connectivity index (χ4n) is 2.67. The largest absolute Gasteiger partial charge is 0.391 e. The Hall–Kier alpha value is -1.69. The van der Waals surface area contributed by atoms with Crippen LogP contribution in [0.3, 0.4) is 0 Å². The minimum Gasteiger partial charge on any atom is -0.391 e. The minimum atomic E-state index is -0.655. The van der Waals surface area contributed by atoms with Crippen LogP contribution in [0.5, 0.6) is 0 Å². The molecule has 1 fully saturated rings. The summed E-state index contributed by atoms with van der Waals surface area (Å²) >= 11 is 0. The lowest BCUT2D eigenvalue weighted by Crippen LogP contribution is -2.46. The zero-order valence-corrected chi connectivity index (χ0v) is 11.8. The van der Waals surface area contributed by atoms with Gasteiger partial charge in [-0.25, -0.2) is 9.37 Å². The second kappa shape index (κ2) is 6.17. The Morgan fingerprint density at radius 3 is 2.85 bits per heavy atom. The molecule has 1 aliphatic carbocycles. The van der Waals surface area contributed by atoms with Gasteiger partial charge in [0.15, 0.2) is 11.6 Å². The molecular formula is C14H20FN3O2. The number of anilines is 1. The molecule has 5 nitrogen and oxygen atoms in total. The Morgan fingerprint density at radius 2 is 2.20 bits per heavy atom. The number of halogens is 1. The van der Waals surface area contributed by atoms with Crippen molar-refractivity contribution < 1.29 is 14.3 Å². The van der Waals surface area contributed by atoms with E-state index < -0.39 is 17.8 Å². The molecule has 20 heavy (non-hydrogen) atoms. The summed E-state index contributed by atoms with van der Waals surface area (Å²) in [5.41, 5.74) is -0.0235. The summed E-state index contributed by atoms with van der Waals surface area (Å²) < 4.78 is 14.1. The van der Waals surface area contributed by atoms with Gasteiger partial charge in [0.25, 0.3) is 5.91 Å². The molecule has 2 atom stereocenters. The first-order valence-corrected chi connectivity index (χ1v) is 6.83. The number of hydrogen-bond donors (Lipinski definition) is 2. The molecule has 0 radical (unpaired) electrons. The van der Waals surface area contributed by atoms with Crippen molar-refractivity contribution in [2.24, 2.45) is 0 Å². The van der Waals surface area contributed by atoms with Crippen molar-refractivity contribution in [2.45, 2.75) is 37.8 Å². The Kier molecular flexibility index (Phi) is 4.54. The predicted molar refractivity (Wildman–Crippen MR) is 74.1 cm³/mol. The highest BCUT2D eigenvalue weighted by Gasteiger charge is 2.31. The first-order valence-electron chi connectivity index (χ1n) is 6.83. The number of nitrogens with one attached hydrogen (secondary N) is 1. The van der Waals surface area contributed by atoms with Crippen LogP contribution in [0, 0.1) is 5.82 Å². The molecule has 0 saturated heterocycles. The van der Waals surface area contributed by atoms with Gasteiger partial charge in [0.05, 0.1) is 17.7 Å². The molecule has 1 aliphatic rings. The van der Waals surface area contributed by atoms with Gasteiger partial charge in [-0.15, -0.1) is 0 Å². The van der Waals surface area contributed by atoms with Gasteiger partial charge in [-0.1, -0.05) is 12.8 Å². The highest BCUT2D eigenvalue weighted by atomic mass is 19.1. The van der Waals surface area contributed by atoms with Gasteiger partial charge in [0.2, 0.25) is 0 Å². The minimum absolute atomic E-state index is 0.0235. The maximum absolute atomic E-state index is 14.1. The predicted octanol–water partition coefficient (Wildman–Crippen LogP) is 1.64. The van der Waals surface area contributed by atoms with Gasteiger partial charge in [0.1, 0.15) is 0 Å². The summed E-state index contributed by atoms with van der Waals surface area (Å²) in [6.45, 7) is 0. The van der Waals surface area contributed by atoms with Crippen molar-refractivity contribution in [3.63, 3.8) is 0 Å². The van der Waals surface area contributed by atoms with E-state index in [2.05, 4.69) is 10.3 Å². The smallest absolute Gasteiger partial charge is 0.257 e. The van der Waals surface area contributed by atoms with Crippen molar-refractivity contribution in [1.82, 2.24) is 9.88 Å². The zero-order chi connectivity index (χ0) is 14.7. The number of amides is 1. The van der Waals surface area contributed by atoms with Gasteiger partial charge in [-0.05, 0) is 18.9 Å². The van der Waals surface area contributed by atoms with E-state index in [1.807, 2.05) is 0 Å². The van der Waals surface area contributed by atoms with Gasteiger partial charge >= 0.3 is 0 Å². The topological polar surface area (TPSA) is 65.5 Å². The number of hydrogen-bond acceptors (Lipinski definition) is 4. The third-order valence-electron chi connectivity index (χ3n) is 3.87. The normalized spacial score (nSPS) is 22.4. The van der Waals surface area contributed by atoms with E-state index in [1.54, 1.807) is 14.1 Å². The fourth-order valence-corrected chi connectivity index (χ4v) is 2.67. The average Bonchev–Trinajstić information content (AvgIpc) is 2.46. The fraction of sp³-hybridized carbons (Fsp3) is 0.571. The third-order valence-corrected chi connectivity index (χ3v) is 3.87. The maximum Gasteiger partial charge on any atom is 0.257 e.